The van der Waals surface area contributed by atoms with Crippen molar-refractivity contribution >= 4 is 33.8 Å². The summed E-state index contributed by atoms with van der Waals surface area (Å²) in [6.45, 7) is 5.57. The van der Waals surface area contributed by atoms with Gasteiger partial charge in [0.15, 0.2) is 11.5 Å². The Labute approximate surface area is 160 Å². The summed E-state index contributed by atoms with van der Waals surface area (Å²) in [6, 6.07) is 12.1. The molecule has 0 unspecified atom stereocenters. The van der Waals surface area contributed by atoms with Gasteiger partial charge in [0.25, 0.3) is 10.0 Å². The van der Waals surface area contributed by atoms with Gasteiger partial charge in [-0.1, -0.05) is 12.1 Å². The first kappa shape index (κ1) is 20.2. The van der Waals surface area contributed by atoms with Crippen LogP contribution in [0.3, 0.4) is 0 Å². The van der Waals surface area contributed by atoms with Crippen LogP contribution in [-0.2, 0) is 10.0 Å². The molecule has 2 aromatic carbocycles. The summed E-state index contributed by atoms with van der Waals surface area (Å²) in [4.78, 5) is 0.191. The molecule has 0 aliphatic carbocycles. The second-order valence-corrected chi connectivity index (χ2v) is 7.36. The zero-order chi connectivity index (χ0) is 17.9. The Morgan fingerprint density at radius 1 is 1.04 bits per heavy atom. The van der Waals surface area contributed by atoms with Gasteiger partial charge in [-0.25, -0.2) is 8.42 Å². The molecule has 0 spiro atoms. The molecule has 0 atom stereocenters. The molecule has 1 aliphatic rings. The summed E-state index contributed by atoms with van der Waals surface area (Å²) in [6.07, 6.45) is 0. The van der Waals surface area contributed by atoms with Crippen LogP contribution < -0.4 is 19.1 Å². The van der Waals surface area contributed by atoms with Gasteiger partial charge in [0, 0.05) is 12.6 Å². The minimum absolute atomic E-state index is 0. The molecule has 0 saturated heterocycles. The molecular formula is C18H23ClN2O4S. The predicted molar refractivity (Wildman–Crippen MR) is 105 cm³/mol. The first-order chi connectivity index (χ1) is 12.1. The molecule has 0 fully saturated rings. The van der Waals surface area contributed by atoms with E-state index in [-0.39, 0.29) is 17.3 Å². The topological polar surface area (TPSA) is 67.9 Å². The van der Waals surface area contributed by atoms with E-state index >= 15 is 0 Å². The highest BCUT2D eigenvalue weighted by Crippen LogP contribution is 2.36. The number of anilines is 2. The Hall–Kier alpha value is -2.12. The minimum Gasteiger partial charge on any atom is -0.490 e. The van der Waals surface area contributed by atoms with Gasteiger partial charge in [0.05, 0.1) is 36.0 Å². The highest BCUT2D eigenvalue weighted by molar-refractivity contribution is 7.92. The smallest absolute Gasteiger partial charge is 0.264 e. The van der Waals surface area contributed by atoms with Crippen LogP contribution in [0, 0.1) is 0 Å². The first-order valence-electron chi connectivity index (χ1n) is 8.33. The maximum atomic E-state index is 13.2. The molecular weight excluding hydrogens is 376 g/mol. The average molecular weight is 399 g/mol. The number of para-hydroxylation sites is 2. The number of rotatable bonds is 6. The van der Waals surface area contributed by atoms with Gasteiger partial charge in [-0.2, -0.15) is 0 Å². The minimum atomic E-state index is -3.69. The Kier molecular flexibility index (Phi) is 6.61. The predicted octanol–water partition coefficient (Wildman–Crippen LogP) is 3.53. The van der Waals surface area contributed by atoms with Crippen LogP contribution in [0.4, 0.5) is 11.4 Å². The van der Waals surface area contributed by atoms with Crippen LogP contribution in [0.15, 0.2) is 47.4 Å². The summed E-state index contributed by atoms with van der Waals surface area (Å²) >= 11 is 0. The van der Waals surface area contributed by atoms with E-state index in [0.717, 1.165) is 5.69 Å². The lowest BCUT2D eigenvalue weighted by molar-refractivity contribution is 0.287. The molecule has 142 valence electrons. The van der Waals surface area contributed by atoms with Crippen molar-refractivity contribution in [1.82, 2.24) is 0 Å². The van der Waals surface area contributed by atoms with E-state index in [1.54, 1.807) is 18.2 Å². The van der Waals surface area contributed by atoms with Crippen molar-refractivity contribution in [2.75, 3.05) is 35.9 Å². The fourth-order valence-corrected chi connectivity index (χ4v) is 4.32. The van der Waals surface area contributed by atoms with Crippen LogP contribution >= 0.6 is 12.4 Å². The van der Waals surface area contributed by atoms with Crippen LogP contribution in [0.1, 0.15) is 13.8 Å². The number of fused-ring (bicyclic) bond motifs is 1. The second kappa shape index (κ2) is 8.51. The van der Waals surface area contributed by atoms with Crippen molar-refractivity contribution < 1.29 is 17.9 Å². The fourth-order valence-electron chi connectivity index (χ4n) is 2.82. The maximum absolute atomic E-state index is 13.2. The summed E-state index contributed by atoms with van der Waals surface area (Å²) in [5.74, 6) is 0.984. The van der Waals surface area contributed by atoms with Crippen molar-refractivity contribution in [3.05, 3.63) is 42.5 Å². The zero-order valence-electron chi connectivity index (χ0n) is 14.8. The van der Waals surface area contributed by atoms with Crippen LogP contribution in [0.25, 0.3) is 0 Å². The molecule has 1 N–H and O–H groups in total. The Morgan fingerprint density at radius 3 is 2.46 bits per heavy atom. The largest absolute Gasteiger partial charge is 0.490 e. The van der Waals surface area contributed by atoms with E-state index < -0.39 is 10.0 Å². The molecule has 0 saturated carbocycles. The van der Waals surface area contributed by atoms with E-state index in [1.165, 1.54) is 10.4 Å². The van der Waals surface area contributed by atoms with Crippen molar-refractivity contribution in [2.45, 2.75) is 18.7 Å². The van der Waals surface area contributed by atoms with Crippen molar-refractivity contribution in [3.63, 3.8) is 0 Å². The SMILES string of the molecule is CCOc1ccc(S(=O)(=O)N2CCNc3ccccc32)cc1OCC.Cl. The van der Waals surface area contributed by atoms with E-state index in [2.05, 4.69) is 5.32 Å². The van der Waals surface area contributed by atoms with E-state index in [9.17, 15) is 8.42 Å². The van der Waals surface area contributed by atoms with Gasteiger partial charge in [-0.3, -0.25) is 4.31 Å². The second-order valence-electron chi connectivity index (χ2n) is 5.50. The normalized spacial score (nSPS) is 13.2. The third-order valence-corrected chi connectivity index (χ3v) is 5.72. The molecule has 0 bridgehead atoms. The van der Waals surface area contributed by atoms with Crippen molar-refractivity contribution in [1.29, 1.82) is 0 Å². The van der Waals surface area contributed by atoms with Crippen LogP contribution in [0.2, 0.25) is 0 Å². The number of nitrogens with one attached hydrogen (secondary N) is 1. The molecule has 0 amide bonds. The molecule has 2 aromatic rings. The molecule has 3 rings (SSSR count). The lowest BCUT2D eigenvalue weighted by Crippen LogP contribution is -2.38. The number of halogens is 1. The van der Waals surface area contributed by atoms with E-state index in [0.29, 0.717) is 43.5 Å². The highest BCUT2D eigenvalue weighted by atomic mass is 35.5. The van der Waals surface area contributed by atoms with Gasteiger partial charge >= 0.3 is 0 Å². The van der Waals surface area contributed by atoms with Gasteiger partial charge < -0.3 is 14.8 Å². The average Bonchev–Trinajstić information content (AvgIpc) is 2.63. The van der Waals surface area contributed by atoms with Gasteiger partial charge in [0.2, 0.25) is 0 Å². The van der Waals surface area contributed by atoms with Gasteiger partial charge in [-0.15, -0.1) is 12.4 Å². The summed E-state index contributed by atoms with van der Waals surface area (Å²) in [7, 11) is -3.69. The lowest BCUT2D eigenvalue weighted by atomic mass is 10.2. The monoisotopic (exact) mass is 398 g/mol. The third-order valence-electron chi connectivity index (χ3n) is 3.91. The third kappa shape index (κ3) is 3.83. The standard InChI is InChI=1S/C18H22N2O4S.ClH/c1-3-23-17-10-9-14(13-18(17)24-4-2)25(21,22)20-12-11-19-15-7-5-6-8-16(15)20;/h5-10,13,19H,3-4,11-12H2,1-2H3;1H. The molecule has 8 heteroatoms. The van der Waals surface area contributed by atoms with Crippen molar-refractivity contribution in [3.8, 4) is 11.5 Å². The van der Waals surface area contributed by atoms with E-state index in [4.69, 9.17) is 9.47 Å². The molecule has 0 radical (unpaired) electrons. The molecule has 6 nitrogen and oxygen atoms in total. The van der Waals surface area contributed by atoms with Crippen LogP contribution in [-0.4, -0.2) is 34.7 Å². The number of ether oxygens (including phenoxy) is 2. The first-order valence-corrected chi connectivity index (χ1v) is 9.77. The van der Waals surface area contributed by atoms with Crippen LogP contribution in [0.5, 0.6) is 11.5 Å². The van der Waals surface area contributed by atoms with Gasteiger partial charge in [-0.05, 0) is 38.1 Å². The number of benzene rings is 2. The summed E-state index contributed by atoms with van der Waals surface area (Å²) in [5.41, 5.74) is 1.47. The number of hydrogen-bond acceptors (Lipinski definition) is 5. The molecule has 26 heavy (non-hydrogen) atoms. The Balaban J connectivity index is 0.00000243. The summed E-state index contributed by atoms with van der Waals surface area (Å²) < 4.78 is 38.9. The summed E-state index contributed by atoms with van der Waals surface area (Å²) in [5, 5.41) is 3.22. The fraction of sp³-hybridized carbons (Fsp3) is 0.333. The van der Waals surface area contributed by atoms with E-state index in [1.807, 2.05) is 32.0 Å². The number of nitrogens with zero attached hydrogens (tertiary/aromatic N) is 1. The number of sulfonamides is 1. The lowest BCUT2D eigenvalue weighted by Gasteiger charge is -2.31. The Morgan fingerprint density at radius 2 is 1.73 bits per heavy atom. The molecule has 1 heterocycles. The van der Waals surface area contributed by atoms with Crippen molar-refractivity contribution in [2.24, 2.45) is 0 Å². The Bertz CT molecular complexity index is 858. The highest BCUT2D eigenvalue weighted by Gasteiger charge is 2.29. The quantitative estimate of drug-likeness (QED) is 0.806. The molecule has 0 aromatic heterocycles. The number of hydrogen-bond donors (Lipinski definition) is 1. The zero-order valence-corrected chi connectivity index (χ0v) is 16.4. The maximum Gasteiger partial charge on any atom is 0.264 e. The van der Waals surface area contributed by atoms with Gasteiger partial charge in [0.1, 0.15) is 0 Å². The molecule has 1 aliphatic heterocycles.